The molecule has 118 valence electrons. The van der Waals surface area contributed by atoms with E-state index in [0.717, 1.165) is 6.07 Å². The maximum absolute atomic E-state index is 13.3. The summed E-state index contributed by atoms with van der Waals surface area (Å²) in [6.07, 6.45) is -3.49. The van der Waals surface area contributed by atoms with Crippen LogP contribution in [0.15, 0.2) is 30.5 Å². The lowest BCUT2D eigenvalue weighted by Gasteiger charge is -2.10. The number of pyridine rings is 1. The van der Waals surface area contributed by atoms with Gasteiger partial charge in [-0.2, -0.15) is 13.2 Å². The molecule has 0 radical (unpaired) electrons. The predicted molar refractivity (Wildman–Crippen MR) is 76.6 cm³/mol. The number of halogens is 4. The van der Waals surface area contributed by atoms with Gasteiger partial charge in [0.1, 0.15) is 17.5 Å². The average Bonchev–Trinajstić information content (AvgIpc) is 2.47. The molecule has 0 unspecified atom stereocenters. The monoisotopic (exact) mass is 323 g/mol. The molecule has 0 spiro atoms. The second kappa shape index (κ2) is 5.04. The van der Waals surface area contributed by atoms with Crippen LogP contribution in [0, 0.1) is 5.82 Å². The minimum Gasteiger partial charge on any atom is -0.384 e. The molecule has 2 heterocycles. The van der Waals surface area contributed by atoms with Crippen LogP contribution in [0.25, 0.3) is 22.3 Å². The van der Waals surface area contributed by atoms with Gasteiger partial charge in [0.25, 0.3) is 0 Å². The van der Waals surface area contributed by atoms with Crippen LogP contribution in [0.5, 0.6) is 0 Å². The third-order valence-corrected chi connectivity index (χ3v) is 3.16. The van der Waals surface area contributed by atoms with Crippen molar-refractivity contribution in [1.29, 1.82) is 0 Å². The third-order valence-electron chi connectivity index (χ3n) is 3.16. The first-order chi connectivity index (χ1) is 10.8. The molecule has 3 rings (SSSR count). The number of benzene rings is 1. The van der Waals surface area contributed by atoms with Crippen LogP contribution in [0.2, 0.25) is 0 Å². The van der Waals surface area contributed by atoms with Gasteiger partial charge in [-0.3, -0.25) is 0 Å². The van der Waals surface area contributed by atoms with Crippen molar-refractivity contribution in [2.45, 2.75) is 6.18 Å². The van der Waals surface area contributed by atoms with Gasteiger partial charge >= 0.3 is 6.18 Å². The topological polar surface area (TPSA) is 90.7 Å². The first kappa shape index (κ1) is 14.9. The minimum atomic E-state index is -4.82. The summed E-state index contributed by atoms with van der Waals surface area (Å²) in [5.41, 5.74) is 10.2. The number of nitrogens with two attached hydrogens (primary N) is 2. The van der Waals surface area contributed by atoms with Gasteiger partial charge in [-0.25, -0.2) is 19.3 Å². The summed E-state index contributed by atoms with van der Waals surface area (Å²) in [6, 6.07) is 3.96. The zero-order valence-electron chi connectivity index (χ0n) is 11.4. The summed E-state index contributed by atoms with van der Waals surface area (Å²) in [5, 5.41) is 0.430. The first-order valence-corrected chi connectivity index (χ1v) is 6.31. The smallest absolute Gasteiger partial charge is 0.384 e. The molecule has 1 aromatic carbocycles. The number of alkyl halides is 3. The molecule has 0 fully saturated rings. The Morgan fingerprint density at radius 2 is 1.74 bits per heavy atom. The Hall–Kier alpha value is -2.97. The molecule has 0 atom stereocenters. The van der Waals surface area contributed by atoms with Crippen molar-refractivity contribution in [2.24, 2.45) is 0 Å². The number of hydrogen-bond acceptors (Lipinski definition) is 5. The van der Waals surface area contributed by atoms with E-state index in [4.69, 9.17) is 11.5 Å². The van der Waals surface area contributed by atoms with Crippen molar-refractivity contribution >= 4 is 22.5 Å². The summed E-state index contributed by atoms with van der Waals surface area (Å²) in [6.45, 7) is 0. The fraction of sp³-hybridized carbons (Fsp3) is 0.0714. The lowest BCUT2D eigenvalue weighted by atomic mass is 10.1. The predicted octanol–water partition coefficient (Wildman–Crippen LogP) is 3.01. The Morgan fingerprint density at radius 1 is 1.00 bits per heavy atom. The molecule has 4 N–H and O–H groups in total. The molecule has 9 heteroatoms. The Balaban J connectivity index is 2.19. The fourth-order valence-corrected chi connectivity index (χ4v) is 2.08. The van der Waals surface area contributed by atoms with Crippen molar-refractivity contribution in [3.05, 3.63) is 41.8 Å². The maximum Gasteiger partial charge on any atom is 0.419 e. The second-order valence-electron chi connectivity index (χ2n) is 4.75. The summed E-state index contributed by atoms with van der Waals surface area (Å²) in [7, 11) is 0. The van der Waals surface area contributed by atoms with E-state index < -0.39 is 17.6 Å². The zero-order chi connectivity index (χ0) is 16.8. The number of anilines is 2. The van der Waals surface area contributed by atoms with Gasteiger partial charge in [0, 0.05) is 10.9 Å². The number of rotatable bonds is 1. The molecule has 2 aromatic heterocycles. The highest BCUT2D eigenvalue weighted by Crippen LogP contribution is 2.34. The Morgan fingerprint density at radius 3 is 2.43 bits per heavy atom. The molecule has 5 nitrogen and oxygen atoms in total. The van der Waals surface area contributed by atoms with E-state index in [2.05, 4.69) is 15.0 Å². The molecule has 0 saturated carbocycles. The Bertz CT molecular complexity index is 908. The summed E-state index contributed by atoms with van der Waals surface area (Å²) >= 11 is 0. The maximum atomic E-state index is 13.3. The van der Waals surface area contributed by atoms with E-state index in [-0.39, 0.29) is 23.0 Å². The van der Waals surface area contributed by atoms with E-state index in [1.165, 1.54) is 12.3 Å². The van der Waals surface area contributed by atoms with E-state index in [9.17, 15) is 17.6 Å². The van der Waals surface area contributed by atoms with Crippen molar-refractivity contribution < 1.29 is 17.6 Å². The average molecular weight is 323 g/mol. The number of hydrogen-bond donors (Lipinski definition) is 2. The van der Waals surface area contributed by atoms with Gasteiger partial charge in [0.2, 0.25) is 0 Å². The van der Waals surface area contributed by atoms with E-state index in [1.54, 1.807) is 0 Å². The lowest BCUT2D eigenvalue weighted by Crippen LogP contribution is -2.08. The van der Waals surface area contributed by atoms with Crippen molar-refractivity contribution in [2.75, 3.05) is 11.5 Å². The highest BCUT2D eigenvalue weighted by molar-refractivity contribution is 5.90. The number of nitrogen functional groups attached to an aromatic ring is 2. The van der Waals surface area contributed by atoms with Gasteiger partial charge in [0.15, 0.2) is 5.82 Å². The number of nitrogens with zero attached hydrogens (tertiary/aromatic N) is 3. The molecular weight excluding hydrogens is 314 g/mol. The van der Waals surface area contributed by atoms with Crippen LogP contribution in [-0.2, 0) is 6.18 Å². The zero-order valence-corrected chi connectivity index (χ0v) is 11.4. The van der Waals surface area contributed by atoms with Gasteiger partial charge in [-0.15, -0.1) is 0 Å². The van der Waals surface area contributed by atoms with Crippen molar-refractivity contribution in [1.82, 2.24) is 15.0 Å². The van der Waals surface area contributed by atoms with Crippen LogP contribution in [0.1, 0.15) is 5.56 Å². The number of aromatic nitrogens is 3. The van der Waals surface area contributed by atoms with Gasteiger partial charge in [0.05, 0.1) is 17.3 Å². The first-order valence-electron chi connectivity index (χ1n) is 6.31. The van der Waals surface area contributed by atoms with E-state index >= 15 is 0 Å². The minimum absolute atomic E-state index is 0.0100. The fourth-order valence-electron chi connectivity index (χ4n) is 2.08. The van der Waals surface area contributed by atoms with Gasteiger partial charge in [-0.1, -0.05) is 0 Å². The highest BCUT2D eigenvalue weighted by atomic mass is 19.4. The molecule has 23 heavy (non-hydrogen) atoms. The Kier molecular flexibility index (Phi) is 3.28. The largest absolute Gasteiger partial charge is 0.419 e. The van der Waals surface area contributed by atoms with Crippen LogP contribution < -0.4 is 11.5 Å². The molecule has 0 amide bonds. The van der Waals surface area contributed by atoms with Crippen molar-refractivity contribution in [3.63, 3.8) is 0 Å². The van der Waals surface area contributed by atoms with Crippen LogP contribution >= 0.6 is 0 Å². The molecule has 0 aliphatic heterocycles. The lowest BCUT2D eigenvalue weighted by molar-refractivity contribution is -0.139. The summed E-state index contributed by atoms with van der Waals surface area (Å²) < 4.78 is 51.7. The van der Waals surface area contributed by atoms with Crippen LogP contribution in [0.4, 0.5) is 29.2 Å². The second-order valence-corrected chi connectivity index (χ2v) is 4.75. The molecular formula is C14H9F4N5. The molecule has 3 aromatic rings. The summed E-state index contributed by atoms with van der Waals surface area (Å²) in [5.74, 6) is -1.19. The standard InChI is InChI=1S/C14H9F4N5/c15-9-2-1-6(3-8(9)14(16,17)18)13-22-10-5-21-11(19)4-7(10)12(20)23-13/h1-5H,(H2,19,21)(H2,20,22,23). The normalized spacial score (nSPS) is 11.8. The third kappa shape index (κ3) is 2.72. The van der Waals surface area contributed by atoms with E-state index in [1.807, 2.05) is 0 Å². The SMILES string of the molecule is Nc1cc2c(N)nc(-c3ccc(F)c(C(F)(F)F)c3)nc2cn1. The van der Waals surface area contributed by atoms with Gasteiger partial charge in [-0.05, 0) is 24.3 Å². The molecule has 0 aliphatic rings. The number of fused-ring (bicyclic) bond motifs is 1. The quantitative estimate of drug-likeness (QED) is 0.672. The van der Waals surface area contributed by atoms with Crippen molar-refractivity contribution in [3.8, 4) is 11.4 Å². The molecule has 0 saturated heterocycles. The van der Waals surface area contributed by atoms with Crippen LogP contribution in [-0.4, -0.2) is 15.0 Å². The molecule has 0 aliphatic carbocycles. The van der Waals surface area contributed by atoms with E-state index in [0.29, 0.717) is 23.0 Å². The summed E-state index contributed by atoms with van der Waals surface area (Å²) in [4.78, 5) is 11.9. The van der Waals surface area contributed by atoms with Crippen LogP contribution in [0.3, 0.4) is 0 Å². The molecule has 0 bridgehead atoms. The van der Waals surface area contributed by atoms with Gasteiger partial charge < -0.3 is 11.5 Å². The highest BCUT2D eigenvalue weighted by Gasteiger charge is 2.34. The Labute approximate surface area is 127 Å².